The molecule has 0 aromatic heterocycles. The zero-order valence-corrected chi connectivity index (χ0v) is 10.9. The molecule has 104 valence electrons. The molecule has 1 aliphatic carbocycles. The Morgan fingerprint density at radius 1 is 1.32 bits per heavy atom. The molecule has 2 atom stereocenters. The molecule has 1 saturated carbocycles. The predicted octanol–water partition coefficient (Wildman–Crippen LogP) is 2.32. The Morgan fingerprint density at radius 2 is 2.05 bits per heavy atom. The van der Waals surface area contributed by atoms with Crippen molar-refractivity contribution in [3.05, 3.63) is 30.1 Å². The number of benzene rings is 1. The number of carbonyl (C=O) groups is 1. The zero-order valence-electron chi connectivity index (χ0n) is 10.9. The fourth-order valence-corrected chi connectivity index (χ4v) is 2.65. The van der Waals surface area contributed by atoms with Gasteiger partial charge in [-0.05, 0) is 43.4 Å². The van der Waals surface area contributed by atoms with E-state index in [2.05, 4.69) is 10.6 Å². The third kappa shape index (κ3) is 3.67. The Morgan fingerprint density at radius 3 is 2.79 bits per heavy atom. The maximum absolute atomic E-state index is 13.3. The van der Waals surface area contributed by atoms with Crippen molar-refractivity contribution in [1.29, 1.82) is 0 Å². The predicted molar refractivity (Wildman–Crippen MR) is 73.3 cm³/mol. The fraction of sp³-hybridized carbons (Fsp3) is 0.500. The first kappa shape index (κ1) is 13.8. The van der Waals surface area contributed by atoms with Crippen LogP contribution < -0.4 is 16.4 Å². The Kier molecular flexibility index (Phi) is 4.74. The normalized spacial score (nSPS) is 22.2. The van der Waals surface area contributed by atoms with Gasteiger partial charge in [-0.15, -0.1) is 0 Å². The van der Waals surface area contributed by atoms with Crippen LogP contribution >= 0.6 is 0 Å². The van der Waals surface area contributed by atoms with Crippen molar-refractivity contribution in [3.63, 3.8) is 0 Å². The van der Waals surface area contributed by atoms with Gasteiger partial charge in [0.15, 0.2) is 0 Å². The molecule has 5 heteroatoms. The highest BCUT2D eigenvalue weighted by molar-refractivity contribution is 5.89. The quantitative estimate of drug-likeness (QED) is 0.782. The Hall–Kier alpha value is -1.62. The molecule has 2 unspecified atom stereocenters. The van der Waals surface area contributed by atoms with Crippen molar-refractivity contribution in [2.45, 2.75) is 19.3 Å². The fourth-order valence-electron chi connectivity index (χ4n) is 2.65. The monoisotopic (exact) mass is 265 g/mol. The highest BCUT2D eigenvalue weighted by atomic mass is 19.1. The Balaban J connectivity index is 1.80. The molecule has 0 radical (unpaired) electrons. The lowest BCUT2D eigenvalue weighted by Crippen LogP contribution is -2.35. The number of hydrogen-bond acceptors (Lipinski definition) is 2. The van der Waals surface area contributed by atoms with E-state index in [-0.39, 0.29) is 11.7 Å². The van der Waals surface area contributed by atoms with E-state index < -0.39 is 5.82 Å². The Bertz CT molecular complexity index is 438. The van der Waals surface area contributed by atoms with Gasteiger partial charge in [-0.1, -0.05) is 18.6 Å². The molecule has 0 spiro atoms. The first-order chi connectivity index (χ1) is 9.20. The number of halogens is 1. The third-order valence-electron chi connectivity index (χ3n) is 3.77. The minimum absolute atomic E-state index is 0.196. The van der Waals surface area contributed by atoms with E-state index in [4.69, 9.17) is 5.73 Å². The molecular weight excluding hydrogens is 245 g/mol. The number of urea groups is 1. The average molecular weight is 265 g/mol. The highest BCUT2D eigenvalue weighted by Crippen LogP contribution is 2.30. The van der Waals surface area contributed by atoms with E-state index >= 15 is 0 Å². The smallest absolute Gasteiger partial charge is 0.319 e. The maximum Gasteiger partial charge on any atom is 0.319 e. The van der Waals surface area contributed by atoms with Crippen LogP contribution in [0.1, 0.15) is 19.3 Å². The standard InChI is InChI=1S/C14H20FN3O/c15-12-6-1-2-7-13(12)18-14(19)17-9-11-5-3-4-10(11)8-16/h1-2,6-7,10-11H,3-5,8-9,16H2,(H2,17,18,19). The number of hydrogen-bond donors (Lipinski definition) is 3. The molecule has 0 heterocycles. The van der Waals surface area contributed by atoms with Crippen molar-refractivity contribution in [2.75, 3.05) is 18.4 Å². The van der Waals surface area contributed by atoms with Crippen LogP contribution in [0.3, 0.4) is 0 Å². The Labute approximate surface area is 112 Å². The second-order valence-corrected chi connectivity index (χ2v) is 5.00. The highest BCUT2D eigenvalue weighted by Gasteiger charge is 2.26. The van der Waals surface area contributed by atoms with Crippen LogP contribution in [-0.2, 0) is 0 Å². The van der Waals surface area contributed by atoms with Gasteiger partial charge in [-0.2, -0.15) is 0 Å². The average Bonchev–Trinajstić information content (AvgIpc) is 2.86. The third-order valence-corrected chi connectivity index (χ3v) is 3.77. The molecule has 1 aliphatic rings. The summed E-state index contributed by atoms with van der Waals surface area (Å²) < 4.78 is 13.3. The van der Waals surface area contributed by atoms with Crippen molar-refractivity contribution >= 4 is 11.7 Å². The summed E-state index contributed by atoms with van der Waals surface area (Å²) >= 11 is 0. The SMILES string of the molecule is NCC1CCCC1CNC(=O)Nc1ccccc1F. The summed E-state index contributed by atoms with van der Waals surface area (Å²) in [7, 11) is 0. The molecule has 2 amide bonds. The lowest BCUT2D eigenvalue weighted by molar-refractivity contribution is 0.248. The summed E-state index contributed by atoms with van der Waals surface area (Å²) in [5.74, 6) is 0.503. The van der Waals surface area contributed by atoms with E-state index in [0.717, 1.165) is 12.8 Å². The van der Waals surface area contributed by atoms with Crippen molar-refractivity contribution < 1.29 is 9.18 Å². The van der Waals surface area contributed by atoms with E-state index in [1.54, 1.807) is 12.1 Å². The van der Waals surface area contributed by atoms with Gasteiger partial charge in [0.05, 0.1) is 5.69 Å². The van der Waals surface area contributed by atoms with Crippen LogP contribution in [0, 0.1) is 17.7 Å². The number of para-hydroxylation sites is 1. The minimum atomic E-state index is -0.432. The van der Waals surface area contributed by atoms with Crippen molar-refractivity contribution in [1.82, 2.24) is 5.32 Å². The number of nitrogens with one attached hydrogen (secondary N) is 2. The van der Waals surface area contributed by atoms with Gasteiger partial charge in [0, 0.05) is 6.54 Å². The maximum atomic E-state index is 13.3. The molecule has 4 N–H and O–H groups in total. The van der Waals surface area contributed by atoms with Crippen LogP contribution in [0.15, 0.2) is 24.3 Å². The minimum Gasteiger partial charge on any atom is -0.338 e. The molecule has 1 aromatic rings. The van der Waals surface area contributed by atoms with Crippen LogP contribution in [0.4, 0.5) is 14.9 Å². The van der Waals surface area contributed by atoms with Crippen molar-refractivity contribution in [3.8, 4) is 0 Å². The summed E-state index contributed by atoms with van der Waals surface area (Å²) in [6.45, 7) is 1.27. The second kappa shape index (κ2) is 6.52. The van der Waals surface area contributed by atoms with Crippen molar-refractivity contribution in [2.24, 2.45) is 17.6 Å². The summed E-state index contributed by atoms with van der Waals surface area (Å²) in [5, 5.41) is 5.30. The first-order valence-corrected chi connectivity index (χ1v) is 6.70. The lowest BCUT2D eigenvalue weighted by atomic mass is 9.96. The molecular formula is C14H20FN3O. The molecule has 0 aliphatic heterocycles. The summed E-state index contributed by atoms with van der Waals surface area (Å²) in [6.07, 6.45) is 3.41. The molecule has 1 fully saturated rings. The van der Waals surface area contributed by atoms with Gasteiger partial charge >= 0.3 is 6.03 Å². The zero-order chi connectivity index (χ0) is 13.7. The summed E-state index contributed by atoms with van der Waals surface area (Å²) in [6, 6.07) is 5.75. The number of nitrogens with two attached hydrogens (primary N) is 1. The van der Waals surface area contributed by atoms with Crippen LogP contribution in [0.2, 0.25) is 0 Å². The van der Waals surface area contributed by atoms with E-state index in [9.17, 15) is 9.18 Å². The van der Waals surface area contributed by atoms with Crippen LogP contribution in [-0.4, -0.2) is 19.1 Å². The molecule has 0 bridgehead atoms. The van der Waals surface area contributed by atoms with E-state index in [1.165, 1.54) is 18.6 Å². The van der Waals surface area contributed by atoms with Gasteiger partial charge in [0.25, 0.3) is 0 Å². The summed E-state index contributed by atoms with van der Waals surface area (Å²) in [5.41, 5.74) is 5.89. The number of carbonyl (C=O) groups excluding carboxylic acids is 1. The molecule has 4 nitrogen and oxygen atoms in total. The van der Waals surface area contributed by atoms with Gasteiger partial charge < -0.3 is 16.4 Å². The van der Waals surface area contributed by atoms with Gasteiger partial charge in [0.1, 0.15) is 5.82 Å². The number of anilines is 1. The molecule has 2 rings (SSSR count). The summed E-state index contributed by atoms with van der Waals surface area (Å²) in [4.78, 5) is 11.7. The largest absolute Gasteiger partial charge is 0.338 e. The van der Waals surface area contributed by atoms with Crippen LogP contribution in [0.25, 0.3) is 0 Å². The number of amides is 2. The van der Waals surface area contributed by atoms with E-state index in [1.807, 2.05) is 0 Å². The molecule has 19 heavy (non-hydrogen) atoms. The first-order valence-electron chi connectivity index (χ1n) is 6.70. The van der Waals surface area contributed by atoms with Gasteiger partial charge in [0.2, 0.25) is 0 Å². The van der Waals surface area contributed by atoms with Gasteiger partial charge in [-0.3, -0.25) is 0 Å². The lowest BCUT2D eigenvalue weighted by Gasteiger charge is -2.18. The number of rotatable bonds is 4. The molecule has 0 saturated heterocycles. The van der Waals surface area contributed by atoms with E-state index in [0.29, 0.717) is 24.9 Å². The second-order valence-electron chi connectivity index (χ2n) is 5.00. The van der Waals surface area contributed by atoms with Crippen LogP contribution in [0.5, 0.6) is 0 Å². The van der Waals surface area contributed by atoms with Gasteiger partial charge in [-0.25, -0.2) is 9.18 Å². The topological polar surface area (TPSA) is 67.1 Å². The molecule has 1 aromatic carbocycles.